The van der Waals surface area contributed by atoms with Crippen LogP contribution in [-0.4, -0.2) is 26.7 Å². The standard InChI is InChI=1S/C13H21ClN2O/c1-9-7-11(14)8-12(13(9)17-4)16(3)10(2)5-6-15/h7-8,10H,5-6,15H2,1-4H3. The van der Waals surface area contributed by atoms with E-state index in [-0.39, 0.29) is 0 Å². The van der Waals surface area contributed by atoms with Gasteiger partial charge in [-0.1, -0.05) is 11.6 Å². The van der Waals surface area contributed by atoms with Crippen molar-refractivity contribution in [3.8, 4) is 5.75 Å². The number of hydrogen-bond acceptors (Lipinski definition) is 3. The van der Waals surface area contributed by atoms with E-state index < -0.39 is 0 Å². The Bertz CT molecular complexity index is 382. The molecule has 1 rings (SSSR count). The highest BCUT2D eigenvalue weighted by Crippen LogP contribution is 2.35. The fourth-order valence-corrected chi connectivity index (χ4v) is 2.18. The van der Waals surface area contributed by atoms with Crippen LogP contribution in [0, 0.1) is 6.92 Å². The predicted octanol–water partition coefficient (Wildman–Crippen LogP) is 2.83. The lowest BCUT2D eigenvalue weighted by atomic mass is 10.1. The first-order chi connectivity index (χ1) is 8.01. The number of methoxy groups -OCH3 is 1. The SMILES string of the molecule is COc1c(C)cc(Cl)cc1N(C)C(C)CCN. The van der Waals surface area contributed by atoms with Gasteiger partial charge in [0, 0.05) is 18.1 Å². The molecular weight excluding hydrogens is 236 g/mol. The minimum absolute atomic E-state index is 0.353. The number of rotatable bonds is 5. The van der Waals surface area contributed by atoms with Gasteiger partial charge in [-0.2, -0.15) is 0 Å². The van der Waals surface area contributed by atoms with E-state index in [2.05, 4.69) is 11.8 Å². The van der Waals surface area contributed by atoms with E-state index in [9.17, 15) is 0 Å². The zero-order chi connectivity index (χ0) is 13.0. The lowest BCUT2D eigenvalue weighted by Crippen LogP contribution is -2.31. The van der Waals surface area contributed by atoms with Crippen molar-refractivity contribution in [3.05, 3.63) is 22.7 Å². The average Bonchev–Trinajstić information content (AvgIpc) is 2.27. The maximum atomic E-state index is 6.10. The number of anilines is 1. The van der Waals surface area contributed by atoms with Gasteiger partial charge in [-0.05, 0) is 44.5 Å². The van der Waals surface area contributed by atoms with Crippen LogP contribution < -0.4 is 15.4 Å². The molecule has 1 atom stereocenters. The van der Waals surface area contributed by atoms with E-state index in [0.29, 0.717) is 12.6 Å². The number of ether oxygens (including phenoxy) is 1. The minimum atomic E-state index is 0.353. The summed E-state index contributed by atoms with van der Waals surface area (Å²) in [6, 6.07) is 4.19. The van der Waals surface area contributed by atoms with Gasteiger partial charge >= 0.3 is 0 Å². The molecule has 0 fully saturated rings. The van der Waals surface area contributed by atoms with Crippen molar-refractivity contribution < 1.29 is 4.74 Å². The molecule has 4 heteroatoms. The van der Waals surface area contributed by atoms with Crippen molar-refractivity contribution in [2.24, 2.45) is 5.73 Å². The minimum Gasteiger partial charge on any atom is -0.494 e. The Kier molecular flexibility index (Phi) is 5.09. The van der Waals surface area contributed by atoms with Gasteiger partial charge in [0.25, 0.3) is 0 Å². The van der Waals surface area contributed by atoms with Crippen molar-refractivity contribution >= 4 is 17.3 Å². The van der Waals surface area contributed by atoms with Crippen LogP contribution in [0.2, 0.25) is 5.02 Å². The van der Waals surface area contributed by atoms with Gasteiger partial charge in [0.15, 0.2) is 0 Å². The second-order valence-corrected chi connectivity index (χ2v) is 4.75. The molecule has 0 bridgehead atoms. The van der Waals surface area contributed by atoms with Crippen molar-refractivity contribution in [2.45, 2.75) is 26.3 Å². The molecule has 0 radical (unpaired) electrons. The Morgan fingerprint density at radius 1 is 1.47 bits per heavy atom. The van der Waals surface area contributed by atoms with E-state index in [1.54, 1.807) is 7.11 Å². The third-order valence-electron chi connectivity index (χ3n) is 3.05. The van der Waals surface area contributed by atoms with Crippen molar-refractivity contribution in [1.82, 2.24) is 0 Å². The highest BCUT2D eigenvalue weighted by Gasteiger charge is 2.16. The van der Waals surface area contributed by atoms with E-state index >= 15 is 0 Å². The number of hydrogen-bond donors (Lipinski definition) is 1. The maximum Gasteiger partial charge on any atom is 0.145 e. The summed E-state index contributed by atoms with van der Waals surface area (Å²) in [7, 11) is 3.72. The monoisotopic (exact) mass is 256 g/mol. The topological polar surface area (TPSA) is 38.5 Å². The van der Waals surface area contributed by atoms with Gasteiger partial charge in [0.1, 0.15) is 5.75 Å². The molecule has 3 nitrogen and oxygen atoms in total. The molecule has 0 aliphatic carbocycles. The molecule has 0 aliphatic heterocycles. The third kappa shape index (κ3) is 3.27. The molecule has 2 N–H and O–H groups in total. The van der Waals surface area contributed by atoms with Crippen LogP contribution in [0.1, 0.15) is 18.9 Å². The van der Waals surface area contributed by atoms with Crippen LogP contribution in [0.15, 0.2) is 12.1 Å². The van der Waals surface area contributed by atoms with E-state index in [4.69, 9.17) is 22.1 Å². The zero-order valence-electron chi connectivity index (χ0n) is 11.0. The molecule has 0 spiro atoms. The first-order valence-corrected chi connectivity index (χ1v) is 6.16. The van der Waals surface area contributed by atoms with Gasteiger partial charge in [-0.15, -0.1) is 0 Å². The summed E-state index contributed by atoms with van der Waals surface area (Å²) < 4.78 is 5.45. The van der Waals surface area contributed by atoms with Gasteiger partial charge in [0.05, 0.1) is 12.8 Å². The Labute approximate surface area is 109 Å². The van der Waals surface area contributed by atoms with E-state index in [1.807, 2.05) is 26.1 Å². The molecular formula is C13H21ClN2O. The van der Waals surface area contributed by atoms with Crippen LogP contribution in [0.25, 0.3) is 0 Å². The summed E-state index contributed by atoms with van der Waals surface area (Å²) in [6.07, 6.45) is 0.936. The maximum absolute atomic E-state index is 6.10. The van der Waals surface area contributed by atoms with Crippen molar-refractivity contribution in [1.29, 1.82) is 0 Å². The third-order valence-corrected chi connectivity index (χ3v) is 3.27. The number of halogens is 1. The highest BCUT2D eigenvalue weighted by molar-refractivity contribution is 6.31. The molecule has 1 aromatic carbocycles. The molecule has 0 heterocycles. The first-order valence-electron chi connectivity index (χ1n) is 5.78. The second-order valence-electron chi connectivity index (χ2n) is 4.31. The highest BCUT2D eigenvalue weighted by atomic mass is 35.5. The van der Waals surface area contributed by atoms with E-state index in [1.165, 1.54) is 0 Å². The largest absolute Gasteiger partial charge is 0.494 e. The van der Waals surface area contributed by atoms with Crippen LogP contribution >= 0.6 is 11.6 Å². The summed E-state index contributed by atoms with van der Waals surface area (Å²) >= 11 is 6.10. The Balaban J connectivity index is 3.11. The van der Waals surface area contributed by atoms with Gasteiger partial charge < -0.3 is 15.4 Å². The van der Waals surface area contributed by atoms with Gasteiger partial charge in [-0.3, -0.25) is 0 Å². The fourth-order valence-electron chi connectivity index (χ4n) is 1.91. The number of benzene rings is 1. The number of nitrogens with two attached hydrogens (primary N) is 1. The number of aryl methyl sites for hydroxylation is 1. The van der Waals surface area contributed by atoms with Crippen LogP contribution in [0.5, 0.6) is 5.75 Å². The Morgan fingerprint density at radius 3 is 2.65 bits per heavy atom. The summed E-state index contributed by atoms with van der Waals surface area (Å²) in [4.78, 5) is 2.16. The lowest BCUT2D eigenvalue weighted by Gasteiger charge is -2.29. The summed E-state index contributed by atoms with van der Waals surface area (Å²) in [6.45, 7) is 4.81. The summed E-state index contributed by atoms with van der Waals surface area (Å²) in [5.74, 6) is 0.876. The second kappa shape index (κ2) is 6.12. The molecule has 1 aromatic rings. The van der Waals surface area contributed by atoms with Crippen molar-refractivity contribution in [3.63, 3.8) is 0 Å². The molecule has 0 aromatic heterocycles. The predicted molar refractivity (Wildman–Crippen MR) is 74.3 cm³/mol. The number of nitrogens with zero attached hydrogens (tertiary/aromatic N) is 1. The Hall–Kier alpha value is -0.930. The first kappa shape index (κ1) is 14.1. The lowest BCUT2D eigenvalue weighted by molar-refractivity contribution is 0.410. The van der Waals surface area contributed by atoms with Gasteiger partial charge in [0.2, 0.25) is 0 Å². The average molecular weight is 257 g/mol. The molecule has 0 amide bonds. The summed E-state index contributed by atoms with van der Waals surface area (Å²) in [5, 5.41) is 0.727. The molecule has 0 saturated carbocycles. The molecule has 96 valence electrons. The van der Waals surface area contributed by atoms with E-state index in [0.717, 1.165) is 28.4 Å². The van der Waals surface area contributed by atoms with Gasteiger partial charge in [-0.25, -0.2) is 0 Å². The normalized spacial score (nSPS) is 12.4. The van der Waals surface area contributed by atoms with Crippen LogP contribution in [0.4, 0.5) is 5.69 Å². The molecule has 0 saturated heterocycles. The van der Waals surface area contributed by atoms with Crippen LogP contribution in [0.3, 0.4) is 0 Å². The van der Waals surface area contributed by atoms with Crippen LogP contribution in [-0.2, 0) is 0 Å². The zero-order valence-corrected chi connectivity index (χ0v) is 11.7. The molecule has 17 heavy (non-hydrogen) atoms. The smallest absolute Gasteiger partial charge is 0.145 e. The van der Waals surface area contributed by atoms with Crippen molar-refractivity contribution in [2.75, 3.05) is 25.6 Å². The molecule has 1 unspecified atom stereocenters. The fraction of sp³-hybridized carbons (Fsp3) is 0.538. The molecule has 0 aliphatic rings. The Morgan fingerprint density at radius 2 is 2.12 bits per heavy atom. The summed E-state index contributed by atoms with van der Waals surface area (Å²) in [5.41, 5.74) is 7.65. The quantitative estimate of drug-likeness (QED) is 0.881.